The minimum atomic E-state index is -0.343. The summed E-state index contributed by atoms with van der Waals surface area (Å²) in [5, 5.41) is 9.77. The molecule has 35 heavy (non-hydrogen) atoms. The second-order valence-electron chi connectivity index (χ2n) is 8.22. The highest BCUT2D eigenvalue weighted by Crippen LogP contribution is 2.21. The Balaban J connectivity index is 1.45. The Hall–Kier alpha value is -4.39. The number of hydrogen-bond acceptors (Lipinski definition) is 5. The highest BCUT2D eigenvalue weighted by molar-refractivity contribution is 6.09. The van der Waals surface area contributed by atoms with Crippen LogP contribution in [-0.4, -0.2) is 17.0 Å². The zero-order valence-electron chi connectivity index (χ0n) is 19.9. The van der Waals surface area contributed by atoms with Crippen LogP contribution >= 0.6 is 0 Å². The van der Waals surface area contributed by atoms with Crippen LogP contribution in [0, 0.1) is 13.8 Å². The molecule has 4 rings (SSSR count). The van der Waals surface area contributed by atoms with Crippen LogP contribution < -0.4 is 15.4 Å². The molecule has 1 unspecified atom stereocenters. The number of rotatable bonds is 8. The number of hydrogen-bond donors (Lipinski definition) is 2. The van der Waals surface area contributed by atoms with Gasteiger partial charge in [0.25, 0.3) is 11.8 Å². The van der Waals surface area contributed by atoms with Crippen molar-refractivity contribution in [3.63, 3.8) is 0 Å². The third-order valence-corrected chi connectivity index (χ3v) is 5.73. The summed E-state index contributed by atoms with van der Waals surface area (Å²) in [5.74, 6) is 0.631. The van der Waals surface area contributed by atoms with Crippen molar-refractivity contribution in [2.24, 2.45) is 0 Å². The molecule has 0 bridgehead atoms. The van der Waals surface area contributed by atoms with Crippen molar-refractivity contribution in [1.82, 2.24) is 10.5 Å². The molecule has 7 nitrogen and oxygen atoms in total. The van der Waals surface area contributed by atoms with E-state index in [0.717, 1.165) is 16.8 Å². The minimum Gasteiger partial charge on any atom is -0.489 e. The number of benzene rings is 3. The molecule has 0 aliphatic carbocycles. The van der Waals surface area contributed by atoms with E-state index in [9.17, 15) is 9.59 Å². The van der Waals surface area contributed by atoms with Crippen molar-refractivity contribution in [1.29, 1.82) is 0 Å². The molecule has 0 radical (unpaired) electrons. The van der Waals surface area contributed by atoms with Gasteiger partial charge in [0.15, 0.2) is 0 Å². The van der Waals surface area contributed by atoms with Crippen LogP contribution in [0.15, 0.2) is 83.4 Å². The average molecular weight is 470 g/mol. The monoisotopic (exact) mass is 469 g/mol. The van der Waals surface area contributed by atoms with Gasteiger partial charge in [0.2, 0.25) is 0 Å². The first-order valence-corrected chi connectivity index (χ1v) is 11.3. The lowest BCUT2D eigenvalue weighted by Gasteiger charge is -2.16. The number of nitrogens with zero attached hydrogens (tertiary/aromatic N) is 1. The fourth-order valence-corrected chi connectivity index (χ4v) is 3.67. The zero-order valence-corrected chi connectivity index (χ0v) is 19.9. The predicted molar refractivity (Wildman–Crippen MR) is 133 cm³/mol. The molecule has 2 amide bonds. The molecule has 3 aromatic carbocycles. The number of aromatic nitrogens is 1. The van der Waals surface area contributed by atoms with Crippen LogP contribution in [0.25, 0.3) is 0 Å². The largest absolute Gasteiger partial charge is 0.489 e. The molecule has 4 aromatic rings. The summed E-state index contributed by atoms with van der Waals surface area (Å²) in [4.78, 5) is 26.0. The lowest BCUT2D eigenvalue weighted by molar-refractivity contribution is 0.0940. The van der Waals surface area contributed by atoms with Crippen LogP contribution in [0.5, 0.6) is 5.75 Å². The van der Waals surface area contributed by atoms with Crippen molar-refractivity contribution in [3.8, 4) is 5.75 Å². The summed E-state index contributed by atoms with van der Waals surface area (Å²) < 4.78 is 11.0. The summed E-state index contributed by atoms with van der Waals surface area (Å²) >= 11 is 0. The molecule has 2 N–H and O–H groups in total. The van der Waals surface area contributed by atoms with E-state index in [1.807, 2.05) is 51.1 Å². The Bertz CT molecular complexity index is 1310. The van der Waals surface area contributed by atoms with Gasteiger partial charge in [0, 0.05) is 5.56 Å². The van der Waals surface area contributed by atoms with Gasteiger partial charge in [-0.3, -0.25) is 9.59 Å². The highest BCUT2D eigenvalue weighted by Gasteiger charge is 2.17. The van der Waals surface area contributed by atoms with Crippen LogP contribution in [0.3, 0.4) is 0 Å². The number of nitrogens with one attached hydrogen (secondary N) is 2. The first-order chi connectivity index (χ1) is 16.9. The molecule has 1 atom stereocenters. The summed E-state index contributed by atoms with van der Waals surface area (Å²) in [5.41, 5.74) is 3.87. The van der Waals surface area contributed by atoms with Gasteiger partial charge in [-0.1, -0.05) is 53.7 Å². The predicted octanol–water partition coefficient (Wildman–Crippen LogP) is 5.61. The zero-order chi connectivity index (χ0) is 24.8. The summed E-state index contributed by atoms with van der Waals surface area (Å²) in [6, 6.07) is 23.3. The molecule has 0 saturated heterocycles. The van der Waals surface area contributed by atoms with E-state index in [-0.39, 0.29) is 24.5 Å². The molecule has 0 fully saturated rings. The van der Waals surface area contributed by atoms with Crippen molar-refractivity contribution in [2.45, 2.75) is 33.4 Å². The Morgan fingerprint density at radius 1 is 0.943 bits per heavy atom. The first-order valence-electron chi connectivity index (χ1n) is 11.3. The van der Waals surface area contributed by atoms with Gasteiger partial charge in [-0.05, 0) is 56.7 Å². The van der Waals surface area contributed by atoms with Crippen LogP contribution in [0.2, 0.25) is 0 Å². The molecule has 1 heterocycles. The van der Waals surface area contributed by atoms with Gasteiger partial charge >= 0.3 is 0 Å². The Kier molecular flexibility index (Phi) is 7.26. The van der Waals surface area contributed by atoms with E-state index in [4.69, 9.17) is 9.26 Å². The molecule has 0 aliphatic heterocycles. The van der Waals surface area contributed by atoms with E-state index in [2.05, 4.69) is 15.8 Å². The van der Waals surface area contributed by atoms with E-state index >= 15 is 0 Å². The number of anilines is 1. The SMILES string of the molecule is Cc1noc(C)c1COc1cccc(C(=O)Nc2ccccc2C(=O)NC(C)c2ccccc2)c1. The molecule has 0 saturated carbocycles. The smallest absolute Gasteiger partial charge is 0.255 e. The number of ether oxygens (including phenoxy) is 1. The quantitative estimate of drug-likeness (QED) is 0.350. The van der Waals surface area contributed by atoms with Gasteiger partial charge in [0.05, 0.1) is 28.6 Å². The van der Waals surface area contributed by atoms with Crippen LogP contribution in [0.1, 0.15) is 56.3 Å². The fraction of sp³-hybridized carbons (Fsp3) is 0.179. The fourth-order valence-electron chi connectivity index (χ4n) is 3.67. The average Bonchev–Trinajstić information content (AvgIpc) is 3.20. The number of carbonyl (C=O) groups is 2. The summed E-state index contributed by atoms with van der Waals surface area (Å²) in [7, 11) is 0. The first kappa shape index (κ1) is 23.8. The number of amides is 2. The lowest BCUT2D eigenvalue weighted by Crippen LogP contribution is -2.28. The molecule has 178 valence electrons. The number of carbonyl (C=O) groups excluding carboxylic acids is 2. The maximum absolute atomic E-state index is 13.0. The highest BCUT2D eigenvalue weighted by atomic mass is 16.5. The van der Waals surface area contributed by atoms with Crippen molar-refractivity contribution in [3.05, 3.63) is 113 Å². The number of aryl methyl sites for hydroxylation is 2. The second kappa shape index (κ2) is 10.7. The maximum Gasteiger partial charge on any atom is 0.255 e. The van der Waals surface area contributed by atoms with Gasteiger partial charge < -0.3 is 19.9 Å². The maximum atomic E-state index is 13.0. The molecular weight excluding hydrogens is 442 g/mol. The lowest BCUT2D eigenvalue weighted by atomic mass is 10.1. The normalized spacial score (nSPS) is 11.5. The van der Waals surface area contributed by atoms with Gasteiger partial charge in [0.1, 0.15) is 18.1 Å². The topological polar surface area (TPSA) is 93.5 Å². The standard InChI is InChI=1S/C28H27N3O4/c1-18(21-10-5-4-6-11-21)29-28(33)24-14-7-8-15-26(24)30-27(32)22-12-9-13-23(16-22)34-17-25-19(2)31-35-20(25)3/h4-16,18H,17H2,1-3H3,(H,29,33)(H,30,32). The number of para-hydroxylation sites is 1. The molecule has 0 aliphatic rings. The van der Waals surface area contributed by atoms with Gasteiger partial charge in [-0.25, -0.2) is 0 Å². The van der Waals surface area contributed by atoms with Crippen molar-refractivity contribution >= 4 is 17.5 Å². The second-order valence-corrected chi connectivity index (χ2v) is 8.22. The van der Waals surface area contributed by atoms with Gasteiger partial charge in [-0.15, -0.1) is 0 Å². The molecule has 1 aromatic heterocycles. The van der Waals surface area contributed by atoms with E-state index in [1.165, 1.54) is 0 Å². The Morgan fingerprint density at radius 2 is 1.69 bits per heavy atom. The van der Waals surface area contributed by atoms with E-state index in [0.29, 0.717) is 28.3 Å². The van der Waals surface area contributed by atoms with Crippen LogP contribution in [-0.2, 0) is 6.61 Å². The molecular formula is C28H27N3O4. The molecule has 7 heteroatoms. The Morgan fingerprint density at radius 3 is 2.43 bits per heavy atom. The van der Waals surface area contributed by atoms with E-state index in [1.54, 1.807) is 48.5 Å². The van der Waals surface area contributed by atoms with Crippen molar-refractivity contribution in [2.75, 3.05) is 5.32 Å². The van der Waals surface area contributed by atoms with E-state index < -0.39 is 0 Å². The molecule has 0 spiro atoms. The van der Waals surface area contributed by atoms with Gasteiger partial charge in [-0.2, -0.15) is 0 Å². The van der Waals surface area contributed by atoms with Crippen LogP contribution in [0.4, 0.5) is 5.69 Å². The Labute approximate surface area is 204 Å². The third-order valence-electron chi connectivity index (χ3n) is 5.73. The van der Waals surface area contributed by atoms with Crippen molar-refractivity contribution < 1.29 is 18.8 Å². The summed E-state index contributed by atoms with van der Waals surface area (Å²) in [6.07, 6.45) is 0. The third kappa shape index (κ3) is 5.76. The minimum absolute atomic E-state index is 0.181. The summed E-state index contributed by atoms with van der Waals surface area (Å²) in [6.45, 7) is 5.89.